The summed E-state index contributed by atoms with van der Waals surface area (Å²) in [7, 11) is 0. The molecule has 2 N–H and O–H groups in total. The van der Waals surface area contributed by atoms with Crippen LogP contribution in [0.1, 0.15) is 24.3 Å². The predicted molar refractivity (Wildman–Crippen MR) is 77.2 cm³/mol. The van der Waals surface area contributed by atoms with Gasteiger partial charge in [0.15, 0.2) is 0 Å². The van der Waals surface area contributed by atoms with Gasteiger partial charge >= 0.3 is 0 Å². The van der Waals surface area contributed by atoms with Crippen molar-refractivity contribution in [1.82, 2.24) is 4.98 Å². The first-order chi connectivity index (χ1) is 9.54. The lowest BCUT2D eigenvalue weighted by atomic mass is 10.2. The second-order valence-corrected chi connectivity index (χ2v) is 4.57. The molecule has 104 valence electrons. The number of nitrogens with one attached hydrogen (secondary N) is 2. The molecule has 0 aliphatic carbocycles. The van der Waals surface area contributed by atoms with Crippen molar-refractivity contribution in [1.29, 1.82) is 0 Å². The molecule has 0 aliphatic rings. The van der Waals surface area contributed by atoms with Gasteiger partial charge in [0.05, 0.1) is 6.10 Å². The van der Waals surface area contributed by atoms with Crippen LogP contribution in [0.5, 0.6) is 5.75 Å². The summed E-state index contributed by atoms with van der Waals surface area (Å²) >= 11 is 0. The zero-order valence-corrected chi connectivity index (χ0v) is 11.3. The van der Waals surface area contributed by atoms with Gasteiger partial charge in [0.2, 0.25) is 5.56 Å². The molecule has 0 bridgehead atoms. The molecular formula is C15H16N2O3. The zero-order chi connectivity index (χ0) is 14.5. The number of benzene rings is 1. The molecule has 5 nitrogen and oxygen atoms in total. The van der Waals surface area contributed by atoms with Gasteiger partial charge in [-0.15, -0.1) is 0 Å². The van der Waals surface area contributed by atoms with Crippen molar-refractivity contribution in [2.24, 2.45) is 0 Å². The molecule has 0 radical (unpaired) electrons. The average molecular weight is 272 g/mol. The van der Waals surface area contributed by atoms with Crippen LogP contribution in [-0.4, -0.2) is 17.0 Å². The number of carbonyl (C=O) groups excluding carboxylic acids is 1. The molecular weight excluding hydrogens is 256 g/mol. The van der Waals surface area contributed by atoms with Crippen LogP contribution in [0.3, 0.4) is 0 Å². The fourth-order valence-corrected chi connectivity index (χ4v) is 1.67. The normalized spacial score (nSPS) is 10.3. The average Bonchev–Trinajstić information content (AvgIpc) is 2.40. The molecule has 0 saturated carbocycles. The van der Waals surface area contributed by atoms with Crippen LogP contribution in [0.15, 0.2) is 47.3 Å². The summed E-state index contributed by atoms with van der Waals surface area (Å²) < 4.78 is 5.51. The van der Waals surface area contributed by atoms with E-state index in [1.54, 1.807) is 30.3 Å². The Kier molecular flexibility index (Phi) is 4.20. The summed E-state index contributed by atoms with van der Waals surface area (Å²) in [6, 6.07) is 11.5. The van der Waals surface area contributed by atoms with Crippen molar-refractivity contribution in [3.63, 3.8) is 0 Å². The molecule has 0 unspecified atom stereocenters. The number of hydrogen-bond donors (Lipinski definition) is 2. The van der Waals surface area contributed by atoms with E-state index in [4.69, 9.17) is 4.74 Å². The highest BCUT2D eigenvalue weighted by molar-refractivity contribution is 6.02. The number of hydrogen-bond acceptors (Lipinski definition) is 3. The van der Waals surface area contributed by atoms with Crippen molar-refractivity contribution in [3.05, 3.63) is 58.5 Å². The molecule has 2 aromatic rings. The minimum Gasteiger partial charge on any atom is -0.491 e. The van der Waals surface area contributed by atoms with E-state index in [9.17, 15) is 9.59 Å². The third-order valence-electron chi connectivity index (χ3n) is 2.50. The van der Waals surface area contributed by atoms with Crippen LogP contribution in [0.25, 0.3) is 0 Å². The van der Waals surface area contributed by atoms with Crippen molar-refractivity contribution in [2.45, 2.75) is 20.0 Å². The van der Waals surface area contributed by atoms with E-state index in [1.807, 2.05) is 13.8 Å². The Morgan fingerprint density at radius 3 is 2.45 bits per heavy atom. The highest BCUT2D eigenvalue weighted by Gasteiger charge is 2.06. The first-order valence-corrected chi connectivity index (χ1v) is 6.32. The topological polar surface area (TPSA) is 71.2 Å². The number of pyridine rings is 1. The molecule has 2 rings (SSSR count). The Bertz CT molecular complexity index is 645. The van der Waals surface area contributed by atoms with Gasteiger partial charge in [-0.1, -0.05) is 6.07 Å². The number of aromatic amines is 1. The highest BCUT2D eigenvalue weighted by atomic mass is 16.5. The molecule has 0 aliphatic heterocycles. The van der Waals surface area contributed by atoms with Crippen molar-refractivity contribution >= 4 is 11.6 Å². The van der Waals surface area contributed by atoms with Crippen LogP contribution in [0, 0.1) is 0 Å². The number of carbonyl (C=O) groups is 1. The Morgan fingerprint density at radius 1 is 1.15 bits per heavy atom. The van der Waals surface area contributed by atoms with Crippen molar-refractivity contribution < 1.29 is 9.53 Å². The van der Waals surface area contributed by atoms with Crippen LogP contribution in [0.4, 0.5) is 5.69 Å². The number of ether oxygens (including phenoxy) is 1. The second-order valence-electron chi connectivity index (χ2n) is 4.57. The largest absolute Gasteiger partial charge is 0.491 e. The number of H-pyrrole nitrogens is 1. The summed E-state index contributed by atoms with van der Waals surface area (Å²) in [5.41, 5.74) is 0.550. The van der Waals surface area contributed by atoms with E-state index in [1.165, 1.54) is 12.1 Å². The number of anilines is 1. The number of amides is 1. The summed E-state index contributed by atoms with van der Waals surface area (Å²) in [6.45, 7) is 3.89. The Hall–Kier alpha value is -2.56. The maximum Gasteiger partial charge on any atom is 0.272 e. The summed E-state index contributed by atoms with van der Waals surface area (Å²) in [5.74, 6) is 0.381. The molecule has 1 heterocycles. The molecule has 1 amide bonds. The van der Waals surface area contributed by atoms with E-state index in [-0.39, 0.29) is 23.3 Å². The van der Waals surface area contributed by atoms with Gasteiger partial charge in [0.25, 0.3) is 5.91 Å². The van der Waals surface area contributed by atoms with E-state index in [0.29, 0.717) is 5.69 Å². The minimum atomic E-state index is -0.361. The van der Waals surface area contributed by atoms with Crippen LogP contribution in [-0.2, 0) is 0 Å². The smallest absolute Gasteiger partial charge is 0.272 e. The van der Waals surface area contributed by atoms with Crippen LogP contribution in [0.2, 0.25) is 0 Å². The van der Waals surface area contributed by atoms with Gasteiger partial charge in [-0.05, 0) is 44.2 Å². The molecule has 20 heavy (non-hydrogen) atoms. The standard InChI is InChI=1S/C15H16N2O3/c1-10(2)20-12-8-6-11(7-9-12)16-15(19)13-4-3-5-14(18)17-13/h3-10H,1-2H3,(H,16,19)(H,17,18). The lowest BCUT2D eigenvalue weighted by Crippen LogP contribution is -2.17. The monoisotopic (exact) mass is 272 g/mol. The molecule has 0 atom stereocenters. The van der Waals surface area contributed by atoms with Crippen molar-refractivity contribution in [3.8, 4) is 5.75 Å². The SMILES string of the molecule is CC(C)Oc1ccc(NC(=O)c2cccc(=O)[nH]2)cc1. The first kappa shape index (κ1) is 13.9. The number of rotatable bonds is 4. The zero-order valence-electron chi connectivity index (χ0n) is 11.3. The third kappa shape index (κ3) is 3.71. The van der Waals surface area contributed by atoms with E-state index in [0.717, 1.165) is 5.75 Å². The number of aromatic nitrogens is 1. The predicted octanol–water partition coefficient (Wildman–Crippen LogP) is 2.41. The van der Waals surface area contributed by atoms with E-state index in [2.05, 4.69) is 10.3 Å². The molecule has 1 aromatic carbocycles. The molecule has 5 heteroatoms. The molecule has 0 spiro atoms. The lowest BCUT2D eigenvalue weighted by Gasteiger charge is -2.10. The summed E-state index contributed by atoms with van der Waals surface area (Å²) in [5, 5.41) is 2.70. The summed E-state index contributed by atoms with van der Waals surface area (Å²) in [6.07, 6.45) is 0.102. The van der Waals surface area contributed by atoms with Crippen molar-refractivity contribution in [2.75, 3.05) is 5.32 Å². The van der Waals surface area contributed by atoms with Crippen LogP contribution >= 0.6 is 0 Å². The van der Waals surface area contributed by atoms with E-state index >= 15 is 0 Å². The van der Waals surface area contributed by atoms with E-state index < -0.39 is 0 Å². The molecule has 1 aromatic heterocycles. The summed E-state index contributed by atoms with van der Waals surface area (Å²) in [4.78, 5) is 25.5. The second kappa shape index (κ2) is 6.06. The van der Waals surface area contributed by atoms with Gasteiger partial charge in [0.1, 0.15) is 11.4 Å². The van der Waals surface area contributed by atoms with Crippen LogP contribution < -0.4 is 15.6 Å². The fraction of sp³-hybridized carbons (Fsp3) is 0.200. The Labute approximate surface area is 116 Å². The van der Waals surface area contributed by atoms with Gasteiger partial charge in [-0.25, -0.2) is 0 Å². The quantitative estimate of drug-likeness (QED) is 0.897. The van der Waals surface area contributed by atoms with Gasteiger partial charge in [-0.3, -0.25) is 9.59 Å². The van der Waals surface area contributed by atoms with Gasteiger partial charge in [-0.2, -0.15) is 0 Å². The minimum absolute atomic E-state index is 0.102. The maximum atomic E-state index is 11.9. The van der Waals surface area contributed by atoms with Gasteiger partial charge in [0, 0.05) is 11.8 Å². The lowest BCUT2D eigenvalue weighted by molar-refractivity contribution is 0.102. The third-order valence-corrected chi connectivity index (χ3v) is 2.50. The first-order valence-electron chi connectivity index (χ1n) is 6.32. The molecule has 0 fully saturated rings. The maximum absolute atomic E-state index is 11.9. The Balaban J connectivity index is 2.06. The Morgan fingerprint density at radius 2 is 1.85 bits per heavy atom. The highest BCUT2D eigenvalue weighted by Crippen LogP contribution is 2.17. The molecule has 0 saturated heterocycles. The van der Waals surface area contributed by atoms with Gasteiger partial charge < -0.3 is 15.0 Å². The fourth-order valence-electron chi connectivity index (χ4n) is 1.67.